The first-order valence-electron chi connectivity index (χ1n) is 10.5. The molecule has 0 unspecified atom stereocenters. The second-order valence-corrected chi connectivity index (χ2v) is 7.65. The molecule has 4 rings (SSSR count). The van der Waals surface area contributed by atoms with E-state index in [-0.39, 0.29) is 0 Å². The van der Waals surface area contributed by atoms with Gasteiger partial charge >= 0.3 is 0 Å². The lowest BCUT2D eigenvalue weighted by Gasteiger charge is -2.28. The molecular weight excluding hydrogens is 346 g/mol. The number of benzene rings is 2. The second-order valence-electron chi connectivity index (χ2n) is 7.65. The maximum atomic E-state index is 6.02. The highest BCUT2D eigenvalue weighted by Crippen LogP contribution is 2.26. The van der Waals surface area contributed by atoms with E-state index in [9.17, 15) is 0 Å². The van der Waals surface area contributed by atoms with Crippen molar-refractivity contribution in [3.8, 4) is 5.75 Å². The minimum atomic E-state index is 0.659. The molecular formula is C24H29N3O. The van der Waals surface area contributed by atoms with E-state index in [1.165, 1.54) is 36.9 Å². The lowest BCUT2D eigenvalue weighted by Crippen LogP contribution is -2.37. The van der Waals surface area contributed by atoms with Crippen molar-refractivity contribution in [3.63, 3.8) is 0 Å². The highest BCUT2D eigenvalue weighted by atomic mass is 16.5. The first kappa shape index (κ1) is 18.9. The molecule has 28 heavy (non-hydrogen) atoms. The molecule has 3 aromatic rings. The van der Waals surface area contributed by atoms with Crippen molar-refractivity contribution in [2.45, 2.75) is 45.1 Å². The Bertz CT molecular complexity index is 881. The Hall–Kier alpha value is -2.46. The second kappa shape index (κ2) is 9.16. The quantitative estimate of drug-likeness (QED) is 0.510. The Morgan fingerprint density at radius 1 is 0.964 bits per heavy atom. The average molecular weight is 376 g/mol. The summed E-state index contributed by atoms with van der Waals surface area (Å²) in [5.74, 6) is 0.835. The molecule has 0 spiro atoms. The van der Waals surface area contributed by atoms with Crippen molar-refractivity contribution in [3.05, 3.63) is 65.9 Å². The van der Waals surface area contributed by atoms with E-state index in [0.29, 0.717) is 6.04 Å². The van der Waals surface area contributed by atoms with Gasteiger partial charge in [-0.25, -0.2) is 0 Å². The molecule has 1 aliphatic carbocycles. The minimum Gasteiger partial charge on any atom is -0.491 e. The molecule has 4 nitrogen and oxygen atoms in total. The number of hydrogen-bond acceptors (Lipinski definition) is 4. The third-order valence-corrected chi connectivity index (χ3v) is 5.66. The molecule has 0 bridgehead atoms. The summed E-state index contributed by atoms with van der Waals surface area (Å²) in [6.07, 6.45) is 7.52. The van der Waals surface area contributed by atoms with Gasteiger partial charge in [0.15, 0.2) is 0 Å². The highest BCUT2D eigenvalue weighted by molar-refractivity contribution is 5.83. The van der Waals surface area contributed by atoms with Gasteiger partial charge in [-0.15, -0.1) is 5.10 Å². The summed E-state index contributed by atoms with van der Waals surface area (Å²) in [7, 11) is 0. The van der Waals surface area contributed by atoms with Gasteiger partial charge in [-0.2, -0.15) is 5.10 Å². The van der Waals surface area contributed by atoms with Crippen LogP contribution in [0, 0.1) is 0 Å². The SMILES string of the molecule is CCCN(CCCCOc1cccc2ccnnc12)C1Cc2ccccc2C1. The Balaban J connectivity index is 1.26. The first-order chi connectivity index (χ1) is 13.8. The third-order valence-electron chi connectivity index (χ3n) is 5.66. The number of nitrogens with zero attached hydrogens (tertiary/aromatic N) is 3. The van der Waals surface area contributed by atoms with E-state index in [0.717, 1.165) is 42.6 Å². The Morgan fingerprint density at radius 2 is 1.79 bits per heavy atom. The van der Waals surface area contributed by atoms with Crippen molar-refractivity contribution in [2.75, 3.05) is 19.7 Å². The van der Waals surface area contributed by atoms with Gasteiger partial charge in [0.05, 0.1) is 12.8 Å². The summed E-state index contributed by atoms with van der Waals surface area (Å²) < 4.78 is 6.02. The summed E-state index contributed by atoms with van der Waals surface area (Å²) in [6.45, 7) is 5.32. The number of rotatable bonds is 9. The predicted molar refractivity (Wildman–Crippen MR) is 114 cm³/mol. The number of hydrogen-bond donors (Lipinski definition) is 0. The summed E-state index contributed by atoms with van der Waals surface area (Å²) in [4.78, 5) is 2.68. The van der Waals surface area contributed by atoms with Crippen molar-refractivity contribution in [2.24, 2.45) is 0 Å². The van der Waals surface area contributed by atoms with Gasteiger partial charge in [0, 0.05) is 11.4 Å². The molecule has 0 fully saturated rings. The third kappa shape index (κ3) is 4.33. The highest BCUT2D eigenvalue weighted by Gasteiger charge is 2.25. The van der Waals surface area contributed by atoms with Crippen molar-refractivity contribution >= 4 is 10.9 Å². The fourth-order valence-electron chi connectivity index (χ4n) is 4.26. The molecule has 1 heterocycles. The van der Waals surface area contributed by atoms with Crippen molar-refractivity contribution in [1.82, 2.24) is 15.1 Å². The van der Waals surface area contributed by atoms with E-state index >= 15 is 0 Å². The largest absolute Gasteiger partial charge is 0.491 e. The molecule has 1 aliphatic rings. The molecule has 0 radical (unpaired) electrons. The number of aromatic nitrogens is 2. The maximum absolute atomic E-state index is 6.02. The molecule has 146 valence electrons. The normalized spacial score (nSPS) is 13.9. The molecule has 0 N–H and O–H groups in total. The van der Waals surface area contributed by atoms with Gasteiger partial charge in [-0.05, 0) is 68.5 Å². The fraction of sp³-hybridized carbons (Fsp3) is 0.417. The van der Waals surface area contributed by atoms with Crippen LogP contribution in [-0.4, -0.2) is 40.8 Å². The van der Waals surface area contributed by atoms with Gasteiger partial charge < -0.3 is 4.74 Å². The maximum Gasteiger partial charge on any atom is 0.147 e. The lowest BCUT2D eigenvalue weighted by molar-refractivity contribution is 0.191. The molecule has 2 aromatic carbocycles. The van der Waals surface area contributed by atoms with Gasteiger partial charge in [-0.1, -0.05) is 43.3 Å². The smallest absolute Gasteiger partial charge is 0.147 e. The molecule has 0 saturated carbocycles. The summed E-state index contributed by atoms with van der Waals surface area (Å²) in [6, 6.07) is 17.6. The Kier molecular flexibility index (Phi) is 6.17. The van der Waals surface area contributed by atoms with E-state index in [4.69, 9.17) is 4.74 Å². The topological polar surface area (TPSA) is 38.2 Å². The van der Waals surface area contributed by atoms with Crippen LogP contribution in [0.25, 0.3) is 10.9 Å². The van der Waals surface area contributed by atoms with Crippen LogP contribution < -0.4 is 4.74 Å². The molecule has 4 heteroatoms. The molecule has 0 atom stereocenters. The van der Waals surface area contributed by atoms with Gasteiger partial charge in [0.1, 0.15) is 11.3 Å². The molecule has 1 aromatic heterocycles. The predicted octanol–water partition coefficient (Wildman–Crippen LogP) is 4.67. The minimum absolute atomic E-state index is 0.659. The molecule has 0 saturated heterocycles. The average Bonchev–Trinajstić information content (AvgIpc) is 3.17. The van der Waals surface area contributed by atoms with Crippen molar-refractivity contribution < 1.29 is 4.74 Å². The van der Waals surface area contributed by atoms with Crippen LogP contribution in [0.5, 0.6) is 5.75 Å². The zero-order valence-corrected chi connectivity index (χ0v) is 16.7. The monoisotopic (exact) mass is 375 g/mol. The van der Waals surface area contributed by atoms with Gasteiger partial charge in [-0.3, -0.25) is 4.90 Å². The lowest BCUT2D eigenvalue weighted by atomic mass is 10.1. The molecule has 0 aliphatic heterocycles. The first-order valence-corrected chi connectivity index (χ1v) is 10.5. The van der Waals surface area contributed by atoms with Crippen LogP contribution >= 0.6 is 0 Å². The van der Waals surface area contributed by atoms with E-state index in [1.807, 2.05) is 24.3 Å². The van der Waals surface area contributed by atoms with E-state index < -0.39 is 0 Å². The standard InChI is InChI=1S/C24H29N3O/c1-2-14-27(22-17-20-8-3-4-9-21(20)18-22)15-5-6-16-28-23-11-7-10-19-12-13-25-26-24(19)23/h3-4,7-13,22H,2,5-6,14-18H2,1H3. The van der Waals surface area contributed by atoms with E-state index in [2.05, 4.69) is 46.3 Å². The van der Waals surface area contributed by atoms with Crippen LogP contribution in [0.1, 0.15) is 37.3 Å². The number of ether oxygens (including phenoxy) is 1. The van der Waals surface area contributed by atoms with E-state index in [1.54, 1.807) is 6.20 Å². The van der Waals surface area contributed by atoms with Crippen LogP contribution in [0.15, 0.2) is 54.7 Å². The zero-order valence-electron chi connectivity index (χ0n) is 16.7. The number of fused-ring (bicyclic) bond motifs is 2. The van der Waals surface area contributed by atoms with Gasteiger partial charge in [0.25, 0.3) is 0 Å². The Labute approximate surface area is 167 Å². The Morgan fingerprint density at radius 3 is 2.57 bits per heavy atom. The van der Waals surface area contributed by atoms with Crippen LogP contribution in [0.2, 0.25) is 0 Å². The summed E-state index contributed by atoms with van der Waals surface area (Å²) >= 11 is 0. The zero-order chi connectivity index (χ0) is 19.2. The fourth-order valence-corrected chi connectivity index (χ4v) is 4.26. The summed E-state index contributed by atoms with van der Waals surface area (Å²) in [5.41, 5.74) is 3.92. The molecule has 0 amide bonds. The van der Waals surface area contributed by atoms with Crippen LogP contribution in [0.3, 0.4) is 0 Å². The number of unbranched alkanes of at least 4 members (excludes halogenated alkanes) is 1. The van der Waals surface area contributed by atoms with Crippen LogP contribution in [-0.2, 0) is 12.8 Å². The van der Waals surface area contributed by atoms with Crippen molar-refractivity contribution in [1.29, 1.82) is 0 Å². The van der Waals surface area contributed by atoms with Gasteiger partial charge in [0.2, 0.25) is 0 Å². The summed E-state index contributed by atoms with van der Waals surface area (Å²) in [5, 5.41) is 9.28. The van der Waals surface area contributed by atoms with Crippen LogP contribution in [0.4, 0.5) is 0 Å².